The van der Waals surface area contributed by atoms with E-state index < -0.39 is 4.92 Å². The molecule has 2 rings (SSSR count). The van der Waals surface area contributed by atoms with Crippen molar-refractivity contribution >= 4 is 21.7 Å². The third-order valence-corrected chi connectivity index (χ3v) is 2.64. The van der Waals surface area contributed by atoms with Gasteiger partial charge in [-0.2, -0.15) is 0 Å². The number of hydrogen-bond donors (Lipinski definition) is 1. The molecule has 1 aromatic heterocycles. The lowest BCUT2D eigenvalue weighted by Crippen LogP contribution is -1.88. The molecule has 0 spiro atoms. The second kappa shape index (κ2) is 2.55. The van der Waals surface area contributed by atoms with Gasteiger partial charge < -0.3 is 10.1 Å². The molecule has 0 unspecified atom stereocenters. The maximum atomic E-state index is 10.4. The number of nitrogens with one attached hydrogen (secondary N) is 1. The summed E-state index contributed by atoms with van der Waals surface area (Å²) in [6, 6.07) is 0. The fourth-order valence-corrected chi connectivity index (χ4v) is 1.73. The molecule has 0 amide bonds. The van der Waals surface area contributed by atoms with E-state index in [1.807, 2.05) is 0 Å². The first-order chi connectivity index (χ1) is 5.70. The van der Waals surface area contributed by atoms with Crippen LogP contribution in [-0.2, 0) is 0 Å². The Kier molecular flexibility index (Phi) is 1.64. The molecule has 1 aliphatic carbocycles. The van der Waals surface area contributed by atoms with E-state index in [-0.39, 0.29) is 5.82 Å². The van der Waals surface area contributed by atoms with Gasteiger partial charge in [0.25, 0.3) is 0 Å². The van der Waals surface area contributed by atoms with Crippen LogP contribution in [0.15, 0.2) is 4.47 Å². The number of hydrogen-bond acceptors (Lipinski definition) is 3. The molecule has 6 heteroatoms. The molecule has 1 aliphatic rings. The molecule has 0 bridgehead atoms. The molecular formula is C6H6BrN3O2. The summed E-state index contributed by atoms with van der Waals surface area (Å²) in [5.74, 6) is 0.376. The van der Waals surface area contributed by atoms with Crippen LogP contribution < -0.4 is 0 Å². The first-order valence-corrected chi connectivity index (χ1v) is 4.37. The highest BCUT2D eigenvalue weighted by molar-refractivity contribution is 9.10. The van der Waals surface area contributed by atoms with Crippen LogP contribution in [0.3, 0.4) is 0 Å². The van der Waals surface area contributed by atoms with Crippen molar-refractivity contribution in [3.63, 3.8) is 0 Å². The van der Waals surface area contributed by atoms with Crippen molar-refractivity contribution in [3.05, 3.63) is 20.3 Å². The standard InChI is InChI=1S/C6H6BrN3O2/c7-4-5(3-1-2-3)8-9-6(4)10(11)12/h3H,1-2H2,(H,8,9). The SMILES string of the molecule is O=[N+]([O-])c1[nH]nc(C2CC2)c1Br. The maximum Gasteiger partial charge on any atom is 0.357 e. The largest absolute Gasteiger partial charge is 0.358 e. The first kappa shape index (κ1) is 7.72. The number of H-pyrrole nitrogens is 1. The summed E-state index contributed by atoms with van der Waals surface area (Å²) in [6.45, 7) is 0. The predicted octanol–water partition coefficient (Wildman–Crippen LogP) is 1.96. The molecule has 0 saturated heterocycles. The summed E-state index contributed by atoms with van der Waals surface area (Å²) >= 11 is 3.16. The van der Waals surface area contributed by atoms with Gasteiger partial charge in [-0.15, -0.1) is 5.10 Å². The number of aromatic amines is 1. The van der Waals surface area contributed by atoms with Gasteiger partial charge in [-0.25, -0.2) is 0 Å². The number of nitro groups is 1. The van der Waals surface area contributed by atoms with E-state index in [0.717, 1.165) is 18.5 Å². The quantitative estimate of drug-likeness (QED) is 0.625. The summed E-state index contributed by atoms with van der Waals surface area (Å²) in [5.41, 5.74) is 0.793. The molecule has 0 radical (unpaired) electrons. The van der Waals surface area contributed by atoms with Gasteiger partial charge >= 0.3 is 5.82 Å². The summed E-state index contributed by atoms with van der Waals surface area (Å²) < 4.78 is 0.509. The average molecular weight is 232 g/mol. The van der Waals surface area contributed by atoms with Gasteiger partial charge in [0.15, 0.2) is 0 Å². The smallest absolute Gasteiger partial charge is 0.357 e. The molecule has 0 aliphatic heterocycles. The van der Waals surface area contributed by atoms with E-state index >= 15 is 0 Å². The van der Waals surface area contributed by atoms with Crippen molar-refractivity contribution in [2.24, 2.45) is 0 Å². The Hall–Kier alpha value is -0.910. The maximum absolute atomic E-state index is 10.4. The third kappa shape index (κ3) is 1.12. The summed E-state index contributed by atoms with van der Waals surface area (Å²) in [6.07, 6.45) is 2.17. The van der Waals surface area contributed by atoms with Gasteiger partial charge in [-0.3, -0.25) is 0 Å². The van der Waals surface area contributed by atoms with E-state index in [1.54, 1.807) is 0 Å². The Morgan fingerprint density at radius 3 is 2.75 bits per heavy atom. The monoisotopic (exact) mass is 231 g/mol. The van der Waals surface area contributed by atoms with Gasteiger partial charge in [0.05, 0.1) is 0 Å². The molecule has 1 aromatic rings. The lowest BCUT2D eigenvalue weighted by atomic mass is 10.3. The number of rotatable bonds is 2. The molecule has 1 heterocycles. The predicted molar refractivity (Wildman–Crippen MR) is 44.9 cm³/mol. The Morgan fingerprint density at radius 1 is 1.67 bits per heavy atom. The molecule has 5 nitrogen and oxygen atoms in total. The summed E-state index contributed by atoms with van der Waals surface area (Å²) in [4.78, 5) is 9.91. The number of aromatic nitrogens is 2. The molecule has 1 saturated carbocycles. The Morgan fingerprint density at radius 2 is 2.33 bits per heavy atom. The summed E-state index contributed by atoms with van der Waals surface area (Å²) in [7, 11) is 0. The minimum atomic E-state index is -0.469. The fourth-order valence-electron chi connectivity index (χ4n) is 1.08. The first-order valence-electron chi connectivity index (χ1n) is 3.58. The topological polar surface area (TPSA) is 71.8 Å². The lowest BCUT2D eigenvalue weighted by molar-refractivity contribution is -0.390. The van der Waals surface area contributed by atoms with Crippen LogP contribution in [-0.4, -0.2) is 15.1 Å². The van der Waals surface area contributed by atoms with Crippen molar-refractivity contribution in [3.8, 4) is 0 Å². The zero-order chi connectivity index (χ0) is 8.72. The molecule has 64 valence electrons. The molecular weight excluding hydrogens is 226 g/mol. The minimum Gasteiger partial charge on any atom is -0.358 e. The van der Waals surface area contributed by atoms with Crippen LogP contribution in [0.4, 0.5) is 5.82 Å². The van der Waals surface area contributed by atoms with Gasteiger partial charge in [0.1, 0.15) is 10.2 Å². The normalized spacial score (nSPS) is 16.4. The highest BCUT2D eigenvalue weighted by Gasteiger charge is 2.32. The molecule has 0 atom stereocenters. The number of halogens is 1. The van der Waals surface area contributed by atoms with Crippen molar-refractivity contribution < 1.29 is 4.92 Å². The molecule has 1 N–H and O–H groups in total. The Bertz CT molecular complexity index is 332. The highest BCUT2D eigenvalue weighted by Crippen LogP contribution is 2.44. The van der Waals surface area contributed by atoms with Gasteiger partial charge in [0, 0.05) is 5.92 Å². The van der Waals surface area contributed by atoms with E-state index in [0.29, 0.717) is 10.4 Å². The molecule has 1 fully saturated rings. The Labute approximate surface area is 76.4 Å². The zero-order valence-corrected chi connectivity index (χ0v) is 7.67. The van der Waals surface area contributed by atoms with Crippen molar-refractivity contribution in [1.29, 1.82) is 0 Å². The average Bonchev–Trinajstić information content (AvgIpc) is 2.75. The van der Waals surface area contributed by atoms with Crippen LogP contribution >= 0.6 is 15.9 Å². The molecule has 0 aromatic carbocycles. The van der Waals surface area contributed by atoms with Crippen molar-refractivity contribution in [2.75, 3.05) is 0 Å². The van der Waals surface area contributed by atoms with Crippen LogP contribution in [0.1, 0.15) is 24.5 Å². The third-order valence-electron chi connectivity index (χ3n) is 1.86. The lowest BCUT2D eigenvalue weighted by Gasteiger charge is -1.89. The van der Waals surface area contributed by atoms with Crippen LogP contribution in [0.5, 0.6) is 0 Å². The number of nitrogens with zero attached hydrogens (tertiary/aromatic N) is 2. The second-order valence-electron chi connectivity index (χ2n) is 2.80. The van der Waals surface area contributed by atoms with Gasteiger partial charge in [-0.1, -0.05) is 5.10 Å². The second-order valence-corrected chi connectivity index (χ2v) is 3.60. The molecule has 12 heavy (non-hydrogen) atoms. The van der Waals surface area contributed by atoms with Gasteiger partial charge in [0.2, 0.25) is 0 Å². The van der Waals surface area contributed by atoms with E-state index in [9.17, 15) is 10.1 Å². The van der Waals surface area contributed by atoms with E-state index in [2.05, 4.69) is 26.1 Å². The van der Waals surface area contributed by atoms with E-state index in [1.165, 1.54) is 0 Å². The highest BCUT2D eigenvalue weighted by atomic mass is 79.9. The van der Waals surface area contributed by atoms with Crippen LogP contribution in [0, 0.1) is 10.1 Å². The van der Waals surface area contributed by atoms with Crippen LogP contribution in [0.2, 0.25) is 0 Å². The van der Waals surface area contributed by atoms with Gasteiger partial charge in [-0.05, 0) is 33.7 Å². The van der Waals surface area contributed by atoms with E-state index in [4.69, 9.17) is 0 Å². The van der Waals surface area contributed by atoms with Crippen molar-refractivity contribution in [1.82, 2.24) is 10.2 Å². The zero-order valence-electron chi connectivity index (χ0n) is 6.08. The van der Waals surface area contributed by atoms with Crippen LogP contribution in [0.25, 0.3) is 0 Å². The Balaban J connectivity index is 2.39. The van der Waals surface area contributed by atoms with Crippen molar-refractivity contribution in [2.45, 2.75) is 18.8 Å². The fraction of sp³-hybridized carbons (Fsp3) is 0.500. The minimum absolute atomic E-state index is 0.0445. The summed E-state index contributed by atoms with van der Waals surface area (Å²) in [5, 5.41) is 16.7.